The summed E-state index contributed by atoms with van der Waals surface area (Å²) in [7, 11) is 0. The molecule has 1 N–H and O–H groups in total. The Bertz CT molecular complexity index is 333. The van der Waals surface area contributed by atoms with Crippen molar-refractivity contribution in [1.82, 2.24) is 5.32 Å². The van der Waals surface area contributed by atoms with E-state index in [1.54, 1.807) is 0 Å². The molecular formula is C14H20ClNO. The molecule has 0 amide bonds. The summed E-state index contributed by atoms with van der Waals surface area (Å²) in [4.78, 5) is 0. The van der Waals surface area contributed by atoms with E-state index in [2.05, 4.69) is 24.4 Å². The van der Waals surface area contributed by atoms with Gasteiger partial charge in [0.05, 0.1) is 0 Å². The maximum Gasteiger partial charge on any atom is 0.0469 e. The van der Waals surface area contributed by atoms with Crippen LogP contribution in [0.1, 0.15) is 25.3 Å². The van der Waals surface area contributed by atoms with Gasteiger partial charge in [0.2, 0.25) is 0 Å². The Morgan fingerprint density at radius 3 is 2.59 bits per heavy atom. The summed E-state index contributed by atoms with van der Waals surface area (Å²) in [5.74, 6) is 0.746. The van der Waals surface area contributed by atoms with Gasteiger partial charge in [-0.25, -0.2) is 0 Å². The summed E-state index contributed by atoms with van der Waals surface area (Å²) in [5.41, 5.74) is 1.29. The van der Waals surface area contributed by atoms with Gasteiger partial charge in [0.25, 0.3) is 0 Å². The Hall–Kier alpha value is -0.570. The maximum absolute atomic E-state index is 5.86. The number of ether oxygens (including phenoxy) is 1. The van der Waals surface area contributed by atoms with E-state index in [9.17, 15) is 0 Å². The van der Waals surface area contributed by atoms with Crippen LogP contribution < -0.4 is 5.32 Å². The monoisotopic (exact) mass is 253 g/mol. The lowest BCUT2D eigenvalue weighted by molar-refractivity contribution is 0.0558. The van der Waals surface area contributed by atoms with Crippen molar-refractivity contribution in [2.24, 2.45) is 5.92 Å². The van der Waals surface area contributed by atoms with E-state index in [-0.39, 0.29) is 0 Å². The largest absolute Gasteiger partial charge is 0.381 e. The second kappa shape index (κ2) is 6.39. The van der Waals surface area contributed by atoms with Crippen LogP contribution in [0, 0.1) is 5.92 Å². The Labute approximate surface area is 108 Å². The van der Waals surface area contributed by atoms with Gasteiger partial charge in [-0.3, -0.25) is 0 Å². The molecule has 0 bridgehead atoms. The Morgan fingerprint density at radius 2 is 1.94 bits per heavy atom. The smallest absolute Gasteiger partial charge is 0.0469 e. The minimum absolute atomic E-state index is 0.551. The highest BCUT2D eigenvalue weighted by molar-refractivity contribution is 6.30. The first-order chi connectivity index (χ1) is 8.25. The van der Waals surface area contributed by atoms with Crippen LogP contribution in [0.5, 0.6) is 0 Å². The number of benzene rings is 1. The average Bonchev–Trinajstić information content (AvgIpc) is 2.39. The summed E-state index contributed by atoms with van der Waals surface area (Å²) in [6.07, 6.45) is 2.35. The zero-order valence-corrected chi connectivity index (χ0v) is 11.0. The van der Waals surface area contributed by atoms with Crippen molar-refractivity contribution in [3.63, 3.8) is 0 Å². The zero-order valence-electron chi connectivity index (χ0n) is 10.3. The highest BCUT2D eigenvalue weighted by Crippen LogP contribution is 2.19. The minimum atomic E-state index is 0.551. The molecule has 1 unspecified atom stereocenters. The Morgan fingerprint density at radius 1 is 1.29 bits per heavy atom. The van der Waals surface area contributed by atoms with Crippen LogP contribution >= 0.6 is 11.6 Å². The van der Waals surface area contributed by atoms with Gasteiger partial charge in [-0.1, -0.05) is 23.7 Å². The van der Waals surface area contributed by atoms with E-state index in [4.69, 9.17) is 16.3 Å². The molecule has 1 fully saturated rings. The SMILES string of the molecule is CC(NCc1ccc(Cl)cc1)C1CCOCC1. The molecule has 2 rings (SSSR count). The molecule has 0 radical (unpaired) electrons. The molecule has 0 aliphatic carbocycles. The molecule has 1 aromatic carbocycles. The molecule has 1 aliphatic rings. The summed E-state index contributed by atoms with van der Waals surface area (Å²) < 4.78 is 5.38. The standard InChI is InChI=1S/C14H20ClNO/c1-11(13-6-8-17-9-7-13)16-10-12-2-4-14(15)5-3-12/h2-5,11,13,16H,6-10H2,1H3. The van der Waals surface area contributed by atoms with Gasteiger partial charge in [-0.2, -0.15) is 0 Å². The van der Waals surface area contributed by atoms with E-state index in [1.165, 1.54) is 18.4 Å². The lowest BCUT2D eigenvalue weighted by Gasteiger charge is -2.28. The van der Waals surface area contributed by atoms with Gasteiger partial charge >= 0.3 is 0 Å². The number of rotatable bonds is 4. The molecule has 2 nitrogen and oxygen atoms in total. The molecule has 94 valence electrons. The fourth-order valence-electron chi connectivity index (χ4n) is 2.26. The van der Waals surface area contributed by atoms with Crippen molar-refractivity contribution >= 4 is 11.6 Å². The third-order valence-electron chi connectivity index (χ3n) is 3.51. The zero-order chi connectivity index (χ0) is 12.1. The van der Waals surface area contributed by atoms with Crippen LogP contribution in [0.2, 0.25) is 5.02 Å². The van der Waals surface area contributed by atoms with Gasteiger partial charge in [-0.15, -0.1) is 0 Å². The highest BCUT2D eigenvalue weighted by atomic mass is 35.5. The molecule has 1 aliphatic heterocycles. The van der Waals surface area contributed by atoms with Gasteiger partial charge < -0.3 is 10.1 Å². The number of hydrogen-bond acceptors (Lipinski definition) is 2. The Kier molecular flexibility index (Phi) is 4.84. The van der Waals surface area contributed by atoms with Crippen molar-refractivity contribution in [2.45, 2.75) is 32.4 Å². The summed E-state index contributed by atoms with van der Waals surface area (Å²) >= 11 is 5.86. The normalized spacial score (nSPS) is 19.2. The van der Waals surface area contributed by atoms with E-state index >= 15 is 0 Å². The van der Waals surface area contributed by atoms with E-state index in [1.807, 2.05) is 12.1 Å². The number of halogens is 1. The summed E-state index contributed by atoms with van der Waals surface area (Å²) in [6.45, 7) is 5.01. The third-order valence-corrected chi connectivity index (χ3v) is 3.77. The third kappa shape index (κ3) is 3.98. The predicted octanol–water partition coefficient (Wildman–Crippen LogP) is 3.24. The summed E-state index contributed by atoms with van der Waals surface area (Å²) in [5, 5.41) is 4.39. The molecule has 1 heterocycles. The second-order valence-corrected chi connectivity index (χ2v) is 5.18. The van der Waals surface area contributed by atoms with Gasteiger partial charge in [0.1, 0.15) is 0 Å². The first kappa shape index (κ1) is 12.9. The first-order valence-electron chi connectivity index (χ1n) is 6.31. The van der Waals surface area contributed by atoms with Crippen molar-refractivity contribution in [3.05, 3.63) is 34.9 Å². The van der Waals surface area contributed by atoms with Crippen LogP contribution in [0.25, 0.3) is 0 Å². The molecular weight excluding hydrogens is 234 g/mol. The molecule has 1 aromatic rings. The van der Waals surface area contributed by atoms with Crippen molar-refractivity contribution < 1.29 is 4.74 Å². The van der Waals surface area contributed by atoms with Crippen LogP contribution in [-0.2, 0) is 11.3 Å². The van der Waals surface area contributed by atoms with Crippen LogP contribution in [0.15, 0.2) is 24.3 Å². The van der Waals surface area contributed by atoms with Crippen LogP contribution in [0.3, 0.4) is 0 Å². The fraction of sp³-hybridized carbons (Fsp3) is 0.571. The molecule has 0 aromatic heterocycles. The minimum Gasteiger partial charge on any atom is -0.381 e. The summed E-state index contributed by atoms with van der Waals surface area (Å²) in [6, 6.07) is 8.59. The molecule has 1 saturated heterocycles. The van der Waals surface area contributed by atoms with E-state index in [0.29, 0.717) is 6.04 Å². The fourth-order valence-corrected chi connectivity index (χ4v) is 2.39. The first-order valence-corrected chi connectivity index (χ1v) is 6.69. The lowest BCUT2D eigenvalue weighted by Crippen LogP contribution is -2.36. The predicted molar refractivity (Wildman–Crippen MR) is 71.3 cm³/mol. The van der Waals surface area contributed by atoms with Crippen molar-refractivity contribution in [2.75, 3.05) is 13.2 Å². The Balaban J connectivity index is 1.78. The van der Waals surface area contributed by atoms with E-state index < -0.39 is 0 Å². The number of nitrogens with one attached hydrogen (secondary N) is 1. The lowest BCUT2D eigenvalue weighted by atomic mass is 9.93. The van der Waals surface area contributed by atoms with Crippen LogP contribution in [-0.4, -0.2) is 19.3 Å². The molecule has 3 heteroatoms. The molecule has 1 atom stereocenters. The van der Waals surface area contributed by atoms with Gasteiger partial charge in [0, 0.05) is 30.8 Å². The quantitative estimate of drug-likeness (QED) is 0.890. The van der Waals surface area contributed by atoms with E-state index in [0.717, 1.165) is 30.7 Å². The van der Waals surface area contributed by atoms with Crippen LogP contribution in [0.4, 0.5) is 0 Å². The van der Waals surface area contributed by atoms with Crippen molar-refractivity contribution in [3.8, 4) is 0 Å². The highest BCUT2D eigenvalue weighted by Gasteiger charge is 2.19. The second-order valence-electron chi connectivity index (χ2n) is 4.75. The molecule has 0 spiro atoms. The topological polar surface area (TPSA) is 21.3 Å². The van der Waals surface area contributed by atoms with Gasteiger partial charge in [-0.05, 0) is 43.4 Å². The van der Waals surface area contributed by atoms with Gasteiger partial charge in [0.15, 0.2) is 0 Å². The molecule has 0 saturated carbocycles. The van der Waals surface area contributed by atoms with Crippen molar-refractivity contribution in [1.29, 1.82) is 0 Å². The molecule has 17 heavy (non-hydrogen) atoms. The average molecular weight is 254 g/mol. The number of hydrogen-bond donors (Lipinski definition) is 1. The maximum atomic E-state index is 5.86.